The number of hydrogen-bond donors (Lipinski definition) is 2. The van der Waals surface area contributed by atoms with Gasteiger partial charge < -0.3 is 5.32 Å². The molecule has 5 nitrogen and oxygen atoms in total. The highest BCUT2D eigenvalue weighted by Gasteiger charge is 2.19. The van der Waals surface area contributed by atoms with E-state index in [1.807, 2.05) is 44.2 Å². The van der Waals surface area contributed by atoms with Crippen molar-refractivity contribution in [2.24, 2.45) is 0 Å². The third-order valence-corrected chi connectivity index (χ3v) is 5.66. The second-order valence-electron chi connectivity index (χ2n) is 6.14. The Morgan fingerprint density at radius 3 is 2.23 bits per heavy atom. The number of carbonyl (C=O) groups is 1. The van der Waals surface area contributed by atoms with Crippen LogP contribution in [-0.4, -0.2) is 20.9 Å². The summed E-state index contributed by atoms with van der Waals surface area (Å²) >= 11 is 0. The molecule has 2 aromatic rings. The number of anilines is 1. The standard InChI is InChI=1S/C20H26N2O3S/c1-3-5-15-21-26(24,25)18-13-11-17(12-14-18)22-20(23)19(4-2)16-9-7-6-8-10-16/h6-14,19,21H,3-5,15H2,1-2H3,(H,22,23). The molecule has 2 rings (SSSR count). The second-order valence-corrected chi connectivity index (χ2v) is 7.90. The smallest absolute Gasteiger partial charge is 0.240 e. The van der Waals surface area contributed by atoms with E-state index in [0.29, 0.717) is 18.7 Å². The zero-order valence-electron chi connectivity index (χ0n) is 15.2. The molecule has 0 aliphatic rings. The Balaban J connectivity index is 2.05. The van der Waals surface area contributed by atoms with Crippen molar-refractivity contribution in [3.63, 3.8) is 0 Å². The minimum absolute atomic E-state index is 0.102. The maximum absolute atomic E-state index is 12.6. The van der Waals surface area contributed by atoms with Gasteiger partial charge in [0, 0.05) is 12.2 Å². The number of hydrogen-bond acceptors (Lipinski definition) is 3. The van der Waals surface area contributed by atoms with Gasteiger partial charge in [-0.1, -0.05) is 50.6 Å². The van der Waals surface area contributed by atoms with Crippen molar-refractivity contribution in [2.45, 2.75) is 43.9 Å². The molecule has 2 aromatic carbocycles. The van der Waals surface area contributed by atoms with Crippen LogP contribution in [0.1, 0.15) is 44.6 Å². The summed E-state index contributed by atoms with van der Waals surface area (Å²) in [6.07, 6.45) is 2.41. The molecule has 26 heavy (non-hydrogen) atoms. The molecule has 0 aromatic heterocycles. The van der Waals surface area contributed by atoms with Crippen molar-refractivity contribution in [1.29, 1.82) is 0 Å². The van der Waals surface area contributed by atoms with Gasteiger partial charge in [-0.05, 0) is 42.7 Å². The zero-order chi connectivity index (χ0) is 19.0. The van der Waals surface area contributed by atoms with Gasteiger partial charge in [0.1, 0.15) is 0 Å². The van der Waals surface area contributed by atoms with Gasteiger partial charge in [-0.2, -0.15) is 0 Å². The SMILES string of the molecule is CCCCNS(=O)(=O)c1ccc(NC(=O)C(CC)c2ccccc2)cc1. The minimum Gasteiger partial charge on any atom is -0.326 e. The van der Waals surface area contributed by atoms with E-state index in [0.717, 1.165) is 18.4 Å². The molecule has 6 heteroatoms. The van der Waals surface area contributed by atoms with E-state index in [-0.39, 0.29) is 16.7 Å². The fourth-order valence-corrected chi connectivity index (χ4v) is 3.75. The zero-order valence-corrected chi connectivity index (χ0v) is 16.1. The van der Waals surface area contributed by atoms with Gasteiger partial charge in [0.05, 0.1) is 10.8 Å². The van der Waals surface area contributed by atoms with Crippen molar-refractivity contribution in [2.75, 3.05) is 11.9 Å². The number of benzene rings is 2. The average molecular weight is 375 g/mol. The van der Waals surface area contributed by atoms with E-state index in [2.05, 4.69) is 10.0 Å². The van der Waals surface area contributed by atoms with Crippen LogP contribution in [0, 0.1) is 0 Å². The van der Waals surface area contributed by atoms with Gasteiger partial charge in [-0.3, -0.25) is 4.79 Å². The van der Waals surface area contributed by atoms with Crippen LogP contribution in [-0.2, 0) is 14.8 Å². The van der Waals surface area contributed by atoms with Crippen LogP contribution in [0.2, 0.25) is 0 Å². The normalized spacial score (nSPS) is 12.5. The van der Waals surface area contributed by atoms with E-state index < -0.39 is 10.0 Å². The fourth-order valence-electron chi connectivity index (χ4n) is 2.67. The molecule has 0 fully saturated rings. The van der Waals surface area contributed by atoms with Crippen LogP contribution in [0.5, 0.6) is 0 Å². The summed E-state index contributed by atoms with van der Waals surface area (Å²) in [5, 5.41) is 2.87. The Morgan fingerprint density at radius 1 is 1.00 bits per heavy atom. The largest absolute Gasteiger partial charge is 0.326 e. The average Bonchev–Trinajstić information content (AvgIpc) is 2.64. The van der Waals surface area contributed by atoms with Crippen LogP contribution < -0.4 is 10.0 Å². The van der Waals surface area contributed by atoms with Gasteiger partial charge in [-0.15, -0.1) is 0 Å². The summed E-state index contributed by atoms with van der Waals surface area (Å²) < 4.78 is 26.9. The summed E-state index contributed by atoms with van der Waals surface area (Å²) in [4.78, 5) is 12.8. The van der Waals surface area contributed by atoms with E-state index in [1.165, 1.54) is 12.1 Å². The number of unbranched alkanes of at least 4 members (excludes halogenated alkanes) is 1. The minimum atomic E-state index is -3.50. The van der Waals surface area contributed by atoms with Crippen molar-refractivity contribution >= 4 is 21.6 Å². The molecule has 0 heterocycles. The van der Waals surface area contributed by atoms with Gasteiger partial charge >= 0.3 is 0 Å². The lowest BCUT2D eigenvalue weighted by atomic mass is 9.95. The molecule has 0 radical (unpaired) electrons. The monoisotopic (exact) mass is 374 g/mol. The fraction of sp³-hybridized carbons (Fsp3) is 0.350. The Bertz CT molecular complexity index is 803. The first-order valence-corrected chi connectivity index (χ1v) is 10.4. The summed E-state index contributed by atoms with van der Waals surface area (Å²) in [5.74, 6) is -0.342. The maximum Gasteiger partial charge on any atom is 0.240 e. The molecule has 1 unspecified atom stereocenters. The Kier molecular flexibility index (Phi) is 7.36. The summed E-state index contributed by atoms with van der Waals surface area (Å²) in [7, 11) is -3.50. The lowest BCUT2D eigenvalue weighted by Gasteiger charge is -2.15. The maximum atomic E-state index is 12.6. The highest BCUT2D eigenvalue weighted by Crippen LogP contribution is 2.22. The number of rotatable bonds is 9. The number of amides is 1. The lowest BCUT2D eigenvalue weighted by molar-refractivity contribution is -0.117. The first-order chi connectivity index (χ1) is 12.5. The summed E-state index contributed by atoms with van der Waals surface area (Å²) in [5.41, 5.74) is 1.55. The molecular weight excluding hydrogens is 348 g/mol. The Labute approximate surface area is 155 Å². The molecular formula is C20H26N2O3S. The lowest BCUT2D eigenvalue weighted by Crippen LogP contribution is -2.24. The first-order valence-electron chi connectivity index (χ1n) is 8.93. The van der Waals surface area contributed by atoms with Gasteiger partial charge in [-0.25, -0.2) is 13.1 Å². The van der Waals surface area contributed by atoms with E-state index in [1.54, 1.807) is 12.1 Å². The molecule has 140 valence electrons. The van der Waals surface area contributed by atoms with Gasteiger partial charge in [0.15, 0.2) is 0 Å². The molecule has 2 N–H and O–H groups in total. The molecule has 0 saturated carbocycles. The molecule has 1 amide bonds. The highest BCUT2D eigenvalue weighted by molar-refractivity contribution is 7.89. The van der Waals surface area contributed by atoms with E-state index in [4.69, 9.17) is 0 Å². The molecule has 0 aliphatic carbocycles. The number of carbonyl (C=O) groups excluding carboxylic acids is 1. The van der Waals surface area contributed by atoms with E-state index in [9.17, 15) is 13.2 Å². The predicted molar refractivity (Wildman–Crippen MR) is 105 cm³/mol. The van der Waals surface area contributed by atoms with E-state index >= 15 is 0 Å². The van der Waals surface area contributed by atoms with Crippen LogP contribution in [0.15, 0.2) is 59.5 Å². The number of sulfonamides is 1. The highest BCUT2D eigenvalue weighted by atomic mass is 32.2. The first kappa shape index (κ1) is 20.1. The van der Waals surface area contributed by atoms with Gasteiger partial charge in [0.2, 0.25) is 15.9 Å². The quantitative estimate of drug-likeness (QED) is 0.654. The van der Waals surface area contributed by atoms with Crippen molar-refractivity contribution in [3.8, 4) is 0 Å². The van der Waals surface area contributed by atoms with Crippen LogP contribution >= 0.6 is 0 Å². The molecule has 0 bridgehead atoms. The Morgan fingerprint density at radius 2 is 1.65 bits per heavy atom. The summed E-state index contributed by atoms with van der Waals surface area (Å²) in [6.45, 7) is 4.40. The predicted octanol–water partition coefficient (Wildman–Crippen LogP) is 3.90. The number of nitrogens with one attached hydrogen (secondary N) is 2. The van der Waals surface area contributed by atoms with Crippen molar-refractivity contribution in [3.05, 3.63) is 60.2 Å². The molecule has 0 aliphatic heterocycles. The summed E-state index contributed by atoms with van der Waals surface area (Å²) in [6, 6.07) is 15.9. The van der Waals surface area contributed by atoms with Crippen LogP contribution in [0.25, 0.3) is 0 Å². The topological polar surface area (TPSA) is 75.3 Å². The molecule has 0 spiro atoms. The molecule has 1 atom stereocenters. The third-order valence-electron chi connectivity index (χ3n) is 4.18. The van der Waals surface area contributed by atoms with Crippen LogP contribution in [0.3, 0.4) is 0 Å². The second kappa shape index (κ2) is 9.50. The molecule has 0 saturated heterocycles. The Hall–Kier alpha value is -2.18. The van der Waals surface area contributed by atoms with Crippen molar-refractivity contribution in [1.82, 2.24) is 4.72 Å². The van der Waals surface area contributed by atoms with Crippen LogP contribution in [0.4, 0.5) is 5.69 Å². The van der Waals surface area contributed by atoms with Crippen molar-refractivity contribution < 1.29 is 13.2 Å². The third kappa shape index (κ3) is 5.41. The van der Waals surface area contributed by atoms with Gasteiger partial charge in [0.25, 0.3) is 0 Å².